The number of nitrogens with zero attached hydrogens (tertiary/aromatic N) is 2. The first kappa shape index (κ1) is 11.5. The largest absolute Gasteiger partial charge is 0.332 e. The van der Waals surface area contributed by atoms with Crippen LogP contribution < -0.4 is 5.73 Å². The lowest BCUT2D eigenvalue weighted by Crippen LogP contribution is -2.33. The molecule has 1 aromatic carbocycles. The van der Waals surface area contributed by atoms with Gasteiger partial charge in [0.15, 0.2) is 0 Å². The molecular weight excluding hydrogens is 222 g/mol. The number of nitrogens with two attached hydrogens (primary N) is 1. The van der Waals surface area contributed by atoms with Gasteiger partial charge in [0.2, 0.25) is 0 Å². The second kappa shape index (κ2) is 3.95. The lowest BCUT2D eigenvalue weighted by atomic mass is 9.77. The van der Waals surface area contributed by atoms with E-state index < -0.39 is 0 Å². The predicted molar refractivity (Wildman–Crippen MR) is 72.3 cm³/mol. The molecule has 0 radical (unpaired) electrons. The average Bonchev–Trinajstić information content (AvgIpc) is 2.74. The SMILES string of the molecule is CC(C)(N)c1cncn1CC1Cc2ccccc21. The van der Waals surface area contributed by atoms with E-state index in [-0.39, 0.29) is 5.54 Å². The summed E-state index contributed by atoms with van der Waals surface area (Å²) in [5.74, 6) is 0.608. The van der Waals surface area contributed by atoms with Gasteiger partial charge in [0.1, 0.15) is 0 Å². The number of aromatic nitrogens is 2. The smallest absolute Gasteiger partial charge is 0.0948 e. The molecule has 0 saturated heterocycles. The van der Waals surface area contributed by atoms with E-state index in [2.05, 4.69) is 33.8 Å². The van der Waals surface area contributed by atoms with E-state index >= 15 is 0 Å². The van der Waals surface area contributed by atoms with E-state index in [1.807, 2.05) is 26.4 Å². The summed E-state index contributed by atoms with van der Waals surface area (Å²) in [6.45, 7) is 5.03. The normalized spacial score (nSPS) is 18.3. The van der Waals surface area contributed by atoms with Crippen molar-refractivity contribution in [3.63, 3.8) is 0 Å². The fourth-order valence-electron chi connectivity index (χ4n) is 2.77. The van der Waals surface area contributed by atoms with Gasteiger partial charge in [-0.25, -0.2) is 4.98 Å². The van der Waals surface area contributed by atoms with Crippen LogP contribution in [0.15, 0.2) is 36.8 Å². The molecule has 0 bridgehead atoms. The molecule has 94 valence electrons. The summed E-state index contributed by atoms with van der Waals surface area (Å²) in [5.41, 5.74) is 9.90. The highest BCUT2D eigenvalue weighted by Crippen LogP contribution is 2.36. The minimum atomic E-state index is -0.334. The summed E-state index contributed by atoms with van der Waals surface area (Å²) >= 11 is 0. The Morgan fingerprint density at radius 3 is 2.89 bits per heavy atom. The van der Waals surface area contributed by atoms with Gasteiger partial charge in [0.25, 0.3) is 0 Å². The Hall–Kier alpha value is -1.61. The molecule has 2 aromatic rings. The third-order valence-electron chi connectivity index (χ3n) is 3.75. The van der Waals surface area contributed by atoms with Crippen molar-refractivity contribution in [1.82, 2.24) is 9.55 Å². The number of rotatable bonds is 3. The van der Waals surface area contributed by atoms with Crippen molar-refractivity contribution >= 4 is 0 Å². The topological polar surface area (TPSA) is 43.8 Å². The Morgan fingerprint density at radius 2 is 2.17 bits per heavy atom. The molecule has 0 fully saturated rings. The maximum Gasteiger partial charge on any atom is 0.0948 e. The third kappa shape index (κ3) is 1.85. The van der Waals surface area contributed by atoms with E-state index in [1.54, 1.807) is 0 Å². The molecule has 0 aliphatic heterocycles. The summed E-state index contributed by atoms with van der Waals surface area (Å²) < 4.78 is 2.20. The van der Waals surface area contributed by atoms with Gasteiger partial charge < -0.3 is 10.3 Å². The summed E-state index contributed by atoms with van der Waals surface area (Å²) in [5, 5.41) is 0. The zero-order chi connectivity index (χ0) is 12.8. The zero-order valence-corrected chi connectivity index (χ0v) is 10.9. The Bertz CT molecular complexity index is 563. The molecule has 0 spiro atoms. The van der Waals surface area contributed by atoms with Crippen molar-refractivity contribution in [1.29, 1.82) is 0 Å². The molecule has 3 heteroatoms. The van der Waals surface area contributed by atoms with E-state index in [1.165, 1.54) is 17.5 Å². The second-order valence-corrected chi connectivity index (χ2v) is 5.75. The quantitative estimate of drug-likeness (QED) is 0.896. The summed E-state index contributed by atoms with van der Waals surface area (Å²) in [7, 11) is 0. The van der Waals surface area contributed by atoms with Crippen LogP contribution in [0.5, 0.6) is 0 Å². The Balaban J connectivity index is 1.82. The molecule has 1 heterocycles. The lowest BCUT2D eigenvalue weighted by molar-refractivity contribution is 0.447. The van der Waals surface area contributed by atoms with Crippen molar-refractivity contribution in [2.24, 2.45) is 5.73 Å². The van der Waals surface area contributed by atoms with Gasteiger partial charge >= 0.3 is 0 Å². The number of hydrogen-bond donors (Lipinski definition) is 1. The molecule has 1 atom stereocenters. The first-order valence-corrected chi connectivity index (χ1v) is 6.43. The number of benzene rings is 1. The molecule has 1 aliphatic rings. The van der Waals surface area contributed by atoms with Crippen molar-refractivity contribution in [3.8, 4) is 0 Å². The Labute approximate surface area is 108 Å². The van der Waals surface area contributed by atoms with Crippen molar-refractivity contribution in [2.75, 3.05) is 0 Å². The van der Waals surface area contributed by atoms with Gasteiger partial charge in [0.05, 0.1) is 17.6 Å². The van der Waals surface area contributed by atoms with Crippen LogP contribution in [0.25, 0.3) is 0 Å². The number of fused-ring (bicyclic) bond motifs is 1. The second-order valence-electron chi connectivity index (χ2n) is 5.75. The van der Waals surface area contributed by atoms with Gasteiger partial charge in [0, 0.05) is 18.7 Å². The van der Waals surface area contributed by atoms with Gasteiger partial charge in [-0.2, -0.15) is 0 Å². The minimum Gasteiger partial charge on any atom is -0.332 e. The summed E-state index contributed by atoms with van der Waals surface area (Å²) in [6, 6.07) is 8.68. The molecule has 3 rings (SSSR count). The third-order valence-corrected chi connectivity index (χ3v) is 3.75. The molecule has 1 aliphatic carbocycles. The standard InChI is InChI=1S/C15H19N3/c1-15(2,16)14-8-17-10-18(14)9-12-7-11-5-3-4-6-13(11)12/h3-6,8,10,12H,7,9,16H2,1-2H3. The highest BCUT2D eigenvalue weighted by Gasteiger charge is 2.27. The molecule has 2 N–H and O–H groups in total. The van der Waals surface area contributed by atoms with Crippen LogP contribution in [-0.2, 0) is 18.5 Å². The van der Waals surface area contributed by atoms with E-state index in [9.17, 15) is 0 Å². The first-order chi connectivity index (χ1) is 8.55. The predicted octanol–water partition coefficient (Wildman–Crippen LogP) is 2.42. The number of imidazole rings is 1. The van der Waals surface area contributed by atoms with Crippen LogP contribution in [0.4, 0.5) is 0 Å². The highest BCUT2D eigenvalue weighted by atomic mass is 15.1. The Kier molecular flexibility index (Phi) is 2.52. The fourth-order valence-corrected chi connectivity index (χ4v) is 2.77. The molecule has 0 amide bonds. The molecule has 1 unspecified atom stereocenters. The monoisotopic (exact) mass is 241 g/mol. The maximum absolute atomic E-state index is 6.17. The van der Waals surface area contributed by atoms with Crippen LogP contribution in [0.3, 0.4) is 0 Å². The van der Waals surface area contributed by atoms with Gasteiger partial charge in [-0.3, -0.25) is 0 Å². The lowest BCUT2D eigenvalue weighted by Gasteiger charge is -2.32. The molecule has 0 saturated carbocycles. The van der Waals surface area contributed by atoms with Crippen molar-refractivity contribution < 1.29 is 0 Å². The summed E-state index contributed by atoms with van der Waals surface area (Å²) in [6.07, 6.45) is 4.94. The number of hydrogen-bond acceptors (Lipinski definition) is 2. The van der Waals surface area contributed by atoms with Gasteiger partial charge in [-0.05, 0) is 31.4 Å². The maximum atomic E-state index is 6.17. The van der Waals surface area contributed by atoms with Crippen molar-refractivity contribution in [3.05, 3.63) is 53.6 Å². The molecular formula is C15H19N3. The fraction of sp³-hybridized carbons (Fsp3) is 0.400. The van der Waals surface area contributed by atoms with E-state index in [0.29, 0.717) is 5.92 Å². The highest BCUT2D eigenvalue weighted by molar-refractivity contribution is 5.39. The van der Waals surface area contributed by atoms with Crippen LogP contribution in [-0.4, -0.2) is 9.55 Å². The van der Waals surface area contributed by atoms with Crippen LogP contribution in [0, 0.1) is 0 Å². The molecule has 3 nitrogen and oxygen atoms in total. The first-order valence-electron chi connectivity index (χ1n) is 6.43. The van der Waals surface area contributed by atoms with E-state index in [4.69, 9.17) is 5.73 Å². The molecule has 18 heavy (non-hydrogen) atoms. The van der Waals surface area contributed by atoms with Gasteiger partial charge in [-0.15, -0.1) is 0 Å². The van der Waals surface area contributed by atoms with E-state index in [0.717, 1.165) is 12.2 Å². The average molecular weight is 241 g/mol. The van der Waals surface area contributed by atoms with Crippen molar-refractivity contribution in [2.45, 2.75) is 38.3 Å². The van der Waals surface area contributed by atoms with Crippen LogP contribution >= 0.6 is 0 Å². The van der Waals surface area contributed by atoms with Crippen LogP contribution in [0.2, 0.25) is 0 Å². The Morgan fingerprint density at radius 1 is 1.39 bits per heavy atom. The molecule has 1 aromatic heterocycles. The summed E-state index contributed by atoms with van der Waals surface area (Å²) in [4.78, 5) is 4.24. The zero-order valence-electron chi connectivity index (χ0n) is 10.9. The van der Waals surface area contributed by atoms with Crippen LogP contribution in [0.1, 0.15) is 36.6 Å². The minimum absolute atomic E-state index is 0.334. The van der Waals surface area contributed by atoms with Gasteiger partial charge in [-0.1, -0.05) is 24.3 Å².